The molecular formula is C16H10F4N6. The van der Waals surface area contributed by atoms with Crippen LogP contribution >= 0.6 is 0 Å². The van der Waals surface area contributed by atoms with E-state index in [9.17, 15) is 17.6 Å². The van der Waals surface area contributed by atoms with Gasteiger partial charge in [-0.15, -0.1) is 5.10 Å². The molecule has 0 atom stereocenters. The topological polar surface area (TPSA) is 72.3 Å². The fourth-order valence-electron chi connectivity index (χ4n) is 2.57. The second-order valence-electron chi connectivity index (χ2n) is 5.47. The van der Waals surface area contributed by atoms with Crippen molar-refractivity contribution in [3.8, 4) is 11.5 Å². The number of hydrogen-bond acceptors (Lipinski definition) is 4. The average molecular weight is 362 g/mol. The Morgan fingerprint density at radius 2 is 1.88 bits per heavy atom. The van der Waals surface area contributed by atoms with E-state index in [-0.39, 0.29) is 18.1 Å². The van der Waals surface area contributed by atoms with Gasteiger partial charge in [0.05, 0.1) is 12.1 Å². The predicted molar refractivity (Wildman–Crippen MR) is 83.4 cm³/mol. The van der Waals surface area contributed by atoms with Gasteiger partial charge in [0.1, 0.15) is 11.3 Å². The van der Waals surface area contributed by atoms with E-state index in [1.54, 1.807) is 30.3 Å². The second kappa shape index (κ2) is 5.90. The van der Waals surface area contributed by atoms with Crippen molar-refractivity contribution in [2.24, 2.45) is 0 Å². The summed E-state index contributed by atoms with van der Waals surface area (Å²) in [6.45, 7) is 0.0924. The van der Waals surface area contributed by atoms with Crippen molar-refractivity contribution in [3.63, 3.8) is 0 Å². The lowest BCUT2D eigenvalue weighted by Gasteiger charge is -2.04. The smallest absolute Gasteiger partial charge is 0.258 e. The van der Waals surface area contributed by atoms with Crippen molar-refractivity contribution in [1.29, 1.82) is 0 Å². The lowest BCUT2D eigenvalue weighted by atomic mass is 10.2. The summed E-state index contributed by atoms with van der Waals surface area (Å²) in [6, 6.07) is 9.55. The van der Waals surface area contributed by atoms with Gasteiger partial charge in [0.2, 0.25) is 0 Å². The molecule has 0 aliphatic rings. The van der Waals surface area contributed by atoms with Crippen LogP contribution in [0.25, 0.3) is 22.6 Å². The highest BCUT2D eigenvalue weighted by Crippen LogP contribution is 2.29. The number of aromatic nitrogens is 6. The minimum absolute atomic E-state index is 0.0924. The van der Waals surface area contributed by atoms with Gasteiger partial charge in [0.25, 0.3) is 5.82 Å². The van der Waals surface area contributed by atoms with Gasteiger partial charge in [-0.25, -0.2) is 9.37 Å². The van der Waals surface area contributed by atoms with E-state index in [1.165, 1.54) is 16.9 Å². The molecule has 0 aliphatic heterocycles. The first-order valence-corrected chi connectivity index (χ1v) is 7.48. The van der Waals surface area contributed by atoms with E-state index in [0.717, 1.165) is 0 Å². The molecule has 3 heterocycles. The first-order valence-electron chi connectivity index (χ1n) is 7.48. The van der Waals surface area contributed by atoms with E-state index >= 15 is 0 Å². The number of halogens is 4. The maximum atomic E-state index is 13.9. The maximum absolute atomic E-state index is 13.9. The standard InChI is InChI=1S/C16H10F4N6/c17-10-5-2-1-4-9(10)8-26-11-6-3-7-21-12(11)13(25-26)14-22-15(24-23-14)16(18,19)20/h1-7H,8H2,(H,22,23,24). The highest BCUT2D eigenvalue weighted by atomic mass is 19.4. The lowest BCUT2D eigenvalue weighted by Crippen LogP contribution is -2.07. The number of nitrogens with one attached hydrogen (secondary N) is 1. The fourth-order valence-corrected chi connectivity index (χ4v) is 2.57. The molecule has 0 bridgehead atoms. The van der Waals surface area contributed by atoms with Crippen LogP contribution in [0.1, 0.15) is 11.4 Å². The molecule has 0 saturated heterocycles. The summed E-state index contributed by atoms with van der Waals surface area (Å²) in [4.78, 5) is 7.63. The van der Waals surface area contributed by atoms with Gasteiger partial charge in [-0.2, -0.15) is 18.3 Å². The molecule has 26 heavy (non-hydrogen) atoms. The van der Waals surface area contributed by atoms with Crippen molar-refractivity contribution in [2.45, 2.75) is 12.7 Å². The van der Waals surface area contributed by atoms with E-state index in [1.807, 2.05) is 0 Å². The Hall–Kier alpha value is -3.30. The average Bonchev–Trinajstić information content (AvgIpc) is 3.22. The van der Waals surface area contributed by atoms with Crippen molar-refractivity contribution in [1.82, 2.24) is 29.9 Å². The summed E-state index contributed by atoms with van der Waals surface area (Å²) in [7, 11) is 0. The van der Waals surface area contributed by atoms with E-state index in [0.29, 0.717) is 16.6 Å². The zero-order valence-electron chi connectivity index (χ0n) is 13.0. The molecule has 4 aromatic rings. The van der Waals surface area contributed by atoms with Crippen LogP contribution in [0.2, 0.25) is 0 Å². The number of aromatic amines is 1. The Kier molecular flexibility index (Phi) is 3.67. The number of H-pyrrole nitrogens is 1. The number of hydrogen-bond donors (Lipinski definition) is 1. The minimum atomic E-state index is -4.67. The van der Waals surface area contributed by atoms with Crippen molar-refractivity contribution < 1.29 is 17.6 Å². The lowest BCUT2D eigenvalue weighted by molar-refractivity contribution is -0.144. The van der Waals surface area contributed by atoms with Gasteiger partial charge in [0.15, 0.2) is 11.5 Å². The Labute approximate surface area is 143 Å². The van der Waals surface area contributed by atoms with Crippen LogP contribution in [0.3, 0.4) is 0 Å². The summed E-state index contributed by atoms with van der Waals surface area (Å²) < 4.78 is 53.6. The van der Waals surface area contributed by atoms with Gasteiger partial charge in [-0.05, 0) is 18.2 Å². The van der Waals surface area contributed by atoms with Crippen LogP contribution in [-0.4, -0.2) is 29.9 Å². The van der Waals surface area contributed by atoms with Gasteiger partial charge < -0.3 is 0 Å². The fraction of sp³-hybridized carbons (Fsp3) is 0.125. The molecule has 0 saturated carbocycles. The van der Waals surface area contributed by atoms with Crippen molar-refractivity contribution in [3.05, 3.63) is 59.8 Å². The number of benzene rings is 1. The molecule has 0 spiro atoms. The normalized spacial score (nSPS) is 12.0. The Bertz CT molecular complexity index is 1080. The summed E-state index contributed by atoms with van der Waals surface area (Å²) in [6.07, 6.45) is -3.18. The highest BCUT2D eigenvalue weighted by molar-refractivity contribution is 5.87. The molecule has 10 heteroatoms. The quantitative estimate of drug-likeness (QED) is 0.567. The van der Waals surface area contributed by atoms with E-state index < -0.39 is 17.8 Å². The molecule has 0 amide bonds. The molecule has 3 aromatic heterocycles. The van der Waals surface area contributed by atoms with Crippen LogP contribution in [0, 0.1) is 5.82 Å². The zero-order chi connectivity index (χ0) is 18.3. The molecule has 1 aromatic carbocycles. The molecule has 1 N–H and O–H groups in total. The molecule has 132 valence electrons. The minimum Gasteiger partial charge on any atom is -0.258 e. The SMILES string of the molecule is Fc1ccccc1Cn1nc(-c2nc(C(F)(F)F)n[nH]2)c2ncccc21. The molecule has 4 rings (SSSR count). The molecule has 0 radical (unpaired) electrons. The summed E-state index contributed by atoms with van der Waals surface area (Å²) >= 11 is 0. The second-order valence-corrected chi connectivity index (χ2v) is 5.47. The summed E-state index contributed by atoms with van der Waals surface area (Å²) in [5.41, 5.74) is 1.38. The van der Waals surface area contributed by atoms with Gasteiger partial charge in [-0.1, -0.05) is 18.2 Å². The maximum Gasteiger partial charge on any atom is 0.453 e. The molecular weight excluding hydrogens is 352 g/mol. The van der Waals surface area contributed by atoms with E-state index in [4.69, 9.17) is 0 Å². The van der Waals surface area contributed by atoms with Crippen LogP contribution in [0.5, 0.6) is 0 Å². The molecule has 6 nitrogen and oxygen atoms in total. The predicted octanol–water partition coefficient (Wildman–Crippen LogP) is 3.42. The summed E-state index contributed by atoms with van der Waals surface area (Å²) in [5.74, 6) is -1.85. The third kappa shape index (κ3) is 2.79. The summed E-state index contributed by atoms with van der Waals surface area (Å²) in [5, 5.41) is 9.70. The zero-order valence-corrected chi connectivity index (χ0v) is 13.0. The largest absolute Gasteiger partial charge is 0.453 e. The Morgan fingerprint density at radius 3 is 2.62 bits per heavy atom. The van der Waals surface area contributed by atoms with Crippen molar-refractivity contribution in [2.75, 3.05) is 0 Å². The Morgan fingerprint density at radius 1 is 1.08 bits per heavy atom. The first kappa shape index (κ1) is 16.2. The third-order valence-corrected chi connectivity index (χ3v) is 3.75. The molecule has 0 fully saturated rings. The first-order chi connectivity index (χ1) is 12.4. The number of alkyl halides is 3. The van der Waals surface area contributed by atoms with Crippen LogP contribution in [0.15, 0.2) is 42.6 Å². The van der Waals surface area contributed by atoms with Crippen LogP contribution in [0.4, 0.5) is 17.6 Å². The van der Waals surface area contributed by atoms with Gasteiger partial charge >= 0.3 is 6.18 Å². The molecule has 0 aliphatic carbocycles. The number of fused-ring (bicyclic) bond motifs is 1. The van der Waals surface area contributed by atoms with Gasteiger partial charge in [0, 0.05) is 11.8 Å². The number of rotatable bonds is 3. The number of pyridine rings is 1. The van der Waals surface area contributed by atoms with Crippen LogP contribution in [-0.2, 0) is 12.7 Å². The number of nitrogens with zero attached hydrogens (tertiary/aromatic N) is 5. The van der Waals surface area contributed by atoms with Gasteiger partial charge in [-0.3, -0.25) is 14.8 Å². The Balaban J connectivity index is 1.82. The van der Waals surface area contributed by atoms with Crippen molar-refractivity contribution >= 4 is 11.0 Å². The van der Waals surface area contributed by atoms with Crippen LogP contribution < -0.4 is 0 Å². The third-order valence-electron chi connectivity index (χ3n) is 3.75. The monoisotopic (exact) mass is 362 g/mol. The van der Waals surface area contributed by atoms with E-state index in [2.05, 4.69) is 25.3 Å². The molecule has 0 unspecified atom stereocenters. The highest BCUT2D eigenvalue weighted by Gasteiger charge is 2.36.